The molecule has 1 aromatic carbocycles. The number of nitrogens with zero attached hydrogens (tertiary/aromatic N) is 2. The van der Waals surface area contributed by atoms with Crippen LogP contribution in [0.4, 0.5) is 0 Å². The highest BCUT2D eigenvalue weighted by atomic mass is 35.5. The van der Waals surface area contributed by atoms with Gasteiger partial charge in [0, 0.05) is 29.9 Å². The largest absolute Gasteiger partial charge is 0.507 e. The molecule has 1 fully saturated rings. The molecule has 1 atom stereocenters. The van der Waals surface area contributed by atoms with Gasteiger partial charge in [0.05, 0.1) is 30.4 Å². The Morgan fingerprint density at radius 1 is 1.15 bits per heavy atom. The standard InChI is InChI=1S/C24H21ClN2O5S/c1-13-6-9-33-23(13)20-19(21(28)15-10-18(32-3)16(25)11-17(15)31-2)22(29)24(30)27(20)12-14-4-7-26-8-5-14/h4-11,20,28H,12H2,1-3H3/b21-19+. The van der Waals surface area contributed by atoms with Gasteiger partial charge in [-0.05, 0) is 47.7 Å². The number of halogens is 1. The van der Waals surface area contributed by atoms with Gasteiger partial charge in [0.25, 0.3) is 11.7 Å². The first kappa shape index (κ1) is 22.8. The molecular weight excluding hydrogens is 464 g/mol. The second-order valence-corrected chi connectivity index (χ2v) is 8.79. The van der Waals surface area contributed by atoms with E-state index < -0.39 is 17.7 Å². The average molecular weight is 485 g/mol. The summed E-state index contributed by atoms with van der Waals surface area (Å²) in [5, 5.41) is 13.5. The number of thiophene rings is 1. The highest BCUT2D eigenvalue weighted by molar-refractivity contribution is 7.10. The molecule has 1 N–H and O–H groups in total. The molecule has 7 nitrogen and oxygen atoms in total. The van der Waals surface area contributed by atoms with E-state index in [1.165, 1.54) is 42.6 Å². The highest BCUT2D eigenvalue weighted by Crippen LogP contribution is 2.45. The molecule has 0 radical (unpaired) electrons. The number of rotatable bonds is 6. The molecule has 3 heterocycles. The minimum absolute atomic E-state index is 0.0118. The molecule has 3 aromatic rings. The van der Waals surface area contributed by atoms with Crippen LogP contribution in [0.2, 0.25) is 5.02 Å². The zero-order valence-corrected chi connectivity index (χ0v) is 19.7. The van der Waals surface area contributed by atoms with Crippen molar-refractivity contribution in [1.82, 2.24) is 9.88 Å². The molecule has 1 aliphatic heterocycles. The van der Waals surface area contributed by atoms with Crippen LogP contribution < -0.4 is 9.47 Å². The summed E-state index contributed by atoms with van der Waals surface area (Å²) in [6.45, 7) is 2.09. The number of ketones is 1. The van der Waals surface area contributed by atoms with E-state index in [1.807, 2.05) is 18.4 Å². The van der Waals surface area contributed by atoms with Crippen molar-refractivity contribution in [3.63, 3.8) is 0 Å². The van der Waals surface area contributed by atoms with Gasteiger partial charge in [-0.3, -0.25) is 14.6 Å². The van der Waals surface area contributed by atoms with Gasteiger partial charge in [-0.25, -0.2) is 0 Å². The van der Waals surface area contributed by atoms with Crippen molar-refractivity contribution in [2.24, 2.45) is 0 Å². The summed E-state index contributed by atoms with van der Waals surface area (Å²) in [4.78, 5) is 32.7. The van der Waals surface area contributed by atoms with E-state index in [0.29, 0.717) is 5.75 Å². The zero-order chi connectivity index (χ0) is 23.7. The normalized spacial score (nSPS) is 17.5. The van der Waals surface area contributed by atoms with E-state index in [4.69, 9.17) is 21.1 Å². The molecule has 170 valence electrons. The zero-order valence-electron chi connectivity index (χ0n) is 18.2. The second-order valence-electron chi connectivity index (χ2n) is 7.44. The molecule has 0 spiro atoms. The maximum Gasteiger partial charge on any atom is 0.295 e. The fourth-order valence-electron chi connectivity index (χ4n) is 3.86. The molecule has 4 rings (SSSR count). The first-order valence-electron chi connectivity index (χ1n) is 10.0. The maximum absolute atomic E-state index is 13.2. The van der Waals surface area contributed by atoms with Crippen LogP contribution in [0.25, 0.3) is 5.76 Å². The van der Waals surface area contributed by atoms with Gasteiger partial charge in [0.15, 0.2) is 0 Å². The van der Waals surface area contributed by atoms with Crippen molar-refractivity contribution < 1.29 is 24.2 Å². The third-order valence-corrected chi connectivity index (χ3v) is 6.89. The summed E-state index contributed by atoms with van der Waals surface area (Å²) in [5.41, 5.74) is 1.93. The highest BCUT2D eigenvalue weighted by Gasteiger charge is 2.47. The number of likely N-dealkylation sites (tertiary alicyclic amines) is 1. The molecule has 1 amide bonds. The maximum atomic E-state index is 13.2. The van der Waals surface area contributed by atoms with Gasteiger partial charge in [0.1, 0.15) is 23.3 Å². The topological polar surface area (TPSA) is 89.0 Å². The third kappa shape index (κ3) is 4.07. The quantitative estimate of drug-likeness (QED) is 0.309. The molecule has 0 aliphatic carbocycles. The lowest BCUT2D eigenvalue weighted by molar-refractivity contribution is -0.140. The lowest BCUT2D eigenvalue weighted by atomic mass is 9.97. The SMILES string of the molecule is COc1cc(/C(O)=C2\C(=O)C(=O)N(Cc3ccncc3)C2c2sccc2C)c(OC)cc1Cl. The monoisotopic (exact) mass is 484 g/mol. The Morgan fingerprint density at radius 2 is 1.85 bits per heavy atom. The van der Waals surface area contributed by atoms with Gasteiger partial charge in [-0.15, -0.1) is 11.3 Å². The Morgan fingerprint density at radius 3 is 2.45 bits per heavy atom. The molecule has 0 bridgehead atoms. The first-order chi connectivity index (χ1) is 15.9. The van der Waals surface area contributed by atoms with Crippen molar-refractivity contribution in [3.05, 3.63) is 80.3 Å². The van der Waals surface area contributed by atoms with E-state index in [2.05, 4.69) is 4.98 Å². The lowest BCUT2D eigenvalue weighted by Crippen LogP contribution is -2.29. The second kappa shape index (κ2) is 9.25. The predicted octanol–water partition coefficient (Wildman–Crippen LogP) is 4.74. The summed E-state index contributed by atoms with van der Waals surface area (Å²) in [6, 6.07) is 7.71. The van der Waals surface area contributed by atoms with E-state index >= 15 is 0 Å². The predicted molar refractivity (Wildman–Crippen MR) is 126 cm³/mol. The molecule has 0 saturated carbocycles. The Bertz CT molecular complexity index is 1250. The molecular formula is C24H21ClN2O5S. The van der Waals surface area contributed by atoms with Crippen molar-refractivity contribution in [3.8, 4) is 11.5 Å². The van der Waals surface area contributed by atoms with Crippen LogP contribution >= 0.6 is 22.9 Å². The number of aliphatic hydroxyl groups is 1. The fraction of sp³-hybridized carbons (Fsp3) is 0.208. The van der Waals surface area contributed by atoms with Gasteiger partial charge in [0.2, 0.25) is 0 Å². The van der Waals surface area contributed by atoms with E-state index in [9.17, 15) is 14.7 Å². The molecule has 2 aromatic heterocycles. The minimum Gasteiger partial charge on any atom is -0.507 e. The van der Waals surface area contributed by atoms with Crippen LogP contribution in [0.1, 0.15) is 27.6 Å². The number of ether oxygens (including phenoxy) is 2. The number of aliphatic hydroxyl groups excluding tert-OH is 1. The van der Waals surface area contributed by atoms with Crippen molar-refractivity contribution in [1.29, 1.82) is 0 Å². The number of benzene rings is 1. The number of pyridine rings is 1. The Labute approximate surface area is 199 Å². The number of amides is 1. The smallest absolute Gasteiger partial charge is 0.295 e. The Hall–Kier alpha value is -3.36. The van der Waals surface area contributed by atoms with Crippen LogP contribution in [0.3, 0.4) is 0 Å². The number of methoxy groups -OCH3 is 2. The van der Waals surface area contributed by atoms with Gasteiger partial charge < -0.3 is 19.5 Å². The molecule has 9 heteroatoms. The number of carbonyl (C=O) groups is 2. The van der Waals surface area contributed by atoms with E-state index in [1.54, 1.807) is 24.5 Å². The summed E-state index contributed by atoms with van der Waals surface area (Å²) in [6.07, 6.45) is 3.25. The molecule has 33 heavy (non-hydrogen) atoms. The fourth-order valence-corrected chi connectivity index (χ4v) is 5.13. The minimum atomic E-state index is -0.768. The van der Waals surface area contributed by atoms with Crippen LogP contribution in [0.15, 0.2) is 53.7 Å². The van der Waals surface area contributed by atoms with Gasteiger partial charge in [-0.1, -0.05) is 11.6 Å². The van der Waals surface area contributed by atoms with Crippen LogP contribution in [-0.4, -0.2) is 40.9 Å². The van der Waals surface area contributed by atoms with Crippen molar-refractivity contribution in [2.75, 3.05) is 14.2 Å². The Balaban J connectivity index is 1.92. The lowest BCUT2D eigenvalue weighted by Gasteiger charge is -2.25. The number of Topliss-reactive ketones (excluding diaryl/α,β-unsaturated/α-hetero) is 1. The van der Waals surface area contributed by atoms with E-state index in [-0.39, 0.29) is 34.2 Å². The molecule has 1 unspecified atom stereocenters. The van der Waals surface area contributed by atoms with Crippen LogP contribution in [0.5, 0.6) is 11.5 Å². The number of hydrogen-bond donors (Lipinski definition) is 1. The number of aromatic nitrogens is 1. The van der Waals surface area contributed by atoms with E-state index in [0.717, 1.165) is 16.0 Å². The molecule has 1 aliphatic rings. The van der Waals surface area contributed by atoms with Crippen LogP contribution in [0, 0.1) is 6.92 Å². The van der Waals surface area contributed by atoms with Crippen molar-refractivity contribution >= 4 is 40.4 Å². The number of carbonyl (C=O) groups excluding carboxylic acids is 2. The first-order valence-corrected chi connectivity index (χ1v) is 11.3. The summed E-state index contributed by atoms with van der Waals surface area (Å²) < 4.78 is 10.7. The van der Waals surface area contributed by atoms with Gasteiger partial charge in [-0.2, -0.15) is 0 Å². The van der Waals surface area contributed by atoms with Crippen LogP contribution in [-0.2, 0) is 16.1 Å². The third-order valence-electron chi connectivity index (χ3n) is 5.52. The van der Waals surface area contributed by atoms with Gasteiger partial charge >= 0.3 is 0 Å². The van der Waals surface area contributed by atoms with Crippen molar-refractivity contribution in [2.45, 2.75) is 19.5 Å². The molecule has 1 saturated heterocycles. The Kier molecular flexibility index (Phi) is 6.40. The summed E-state index contributed by atoms with van der Waals surface area (Å²) >= 11 is 7.63. The number of aryl methyl sites for hydroxylation is 1. The average Bonchev–Trinajstić information content (AvgIpc) is 3.34. The summed E-state index contributed by atoms with van der Waals surface area (Å²) in [5.74, 6) is -1.26. The number of hydrogen-bond acceptors (Lipinski definition) is 7. The summed E-state index contributed by atoms with van der Waals surface area (Å²) in [7, 11) is 2.87.